The lowest BCUT2D eigenvalue weighted by Crippen LogP contribution is -2.51. The Morgan fingerprint density at radius 1 is 1.47 bits per heavy atom. The summed E-state index contributed by atoms with van der Waals surface area (Å²) < 4.78 is 5.08. The van der Waals surface area contributed by atoms with Gasteiger partial charge in [-0.15, -0.1) is 0 Å². The molecule has 1 rings (SSSR count). The van der Waals surface area contributed by atoms with Crippen molar-refractivity contribution in [1.29, 1.82) is 0 Å². The second-order valence-corrected chi connectivity index (χ2v) is 4.93. The van der Waals surface area contributed by atoms with Gasteiger partial charge in [-0.3, -0.25) is 0 Å². The van der Waals surface area contributed by atoms with Crippen LogP contribution in [0.1, 0.15) is 26.7 Å². The highest BCUT2D eigenvalue weighted by molar-refractivity contribution is 4.79. The van der Waals surface area contributed by atoms with Crippen LogP contribution < -0.4 is 5.32 Å². The Bertz CT molecular complexity index is 162. The van der Waals surface area contributed by atoms with Crippen molar-refractivity contribution in [3.8, 4) is 0 Å². The number of rotatable bonds is 6. The molecule has 0 radical (unpaired) electrons. The lowest BCUT2D eigenvalue weighted by atomic mass is 10.0. The minimum absolute atomic E-state index is 0.696. The van der Waals surface area contributed by atoms with Crippen LogP contribution in [-0.2, 0) is 4.74 Å². The van der Waals surface area contributed by atoms with E-state index in [0.717, 1.165) is 25.5 Å². The number of nitrogens with one attached hydrogen (secondary N) is 1. The summed E-state index contributed by atoms with van der Waals surface area (Å²) in [6, 6.07) is 0.696. The quantitative estimate of drug-likeness (QED) is 0.675. The van der Waals surface area contributed by atoms with Crippen LogP contribution in [0.4, 0.5) is 0 Å². The Morgan fingerprint density at radius 3 is 2.93 bits per heavy atom. The molecule has 3 nitrogen and oxygen atoms in total. The third kappa shape index (κ3) is 5.50. The zero-order valence-corrected chi connectivity index (χ0v) is 10.5. The molecule has 0 saturated carbocycles. The topological polar surface area (TPSA) is 24.5 Å². The fourth-order valence-electron chi connectivity index (χ4n) is 2.26. The number of ether oxygens (including phenoxy) is 1. The van der Waals surface area contributed by atoms with Gasteiger partial charge in [0.15, 0.2) is 0 Å². The Kier molecular flexibility index (Phi) is 6.22. The van der Waals surface area contributed by atoms with Crippen molar-refractivity contribution in [2.24, 2.45) is 5.92 Å². The second-order valence-electron chi connectivity index (χ2n) is 4.93. The summed E-state index contributed by atoms with van der Waals surface area (Å²) in [6.45, 7) is 10.2. The van der Waals surface area contributed by atoms with Gasteiger partial charge in [0, 0.05) is 45.9 Å². The number of nitrogens with zero attached hydrogens (tertiary/aromatic N) is 1. The number of hydrogen-bond acceptors (Lipinski definition) is 3. The average Bonchev–Trinajstić information content (AvgIpc) is 2.18. The molecule has 0 aromatic heterocycles. The Balaban J connectivity index is 2.17. The van der Waals surface area contributed by atoms with E-state index in [9.17, 15) is 0 Å². The van der Waals surface area contributed by atoms with Crippen LogP contribution in [-0.4, -0.2) is 50.8 Å². The van der Waals surface area contributed by atoms with Crippen molar-refractivity contribution >= 4 is 0 Å². The van der Waals surface area contributed by atoms with Crippen molar-refractivity contribution in [3.05, 3.63) is 0 Å². The normalized spacial score (nSPS) is 23.6. The molecule has 0 aromatic rings. The molecule has 0 amide bonds. The van der Waals surface area contributed by atoms with Crippen molar-refractivity contribution in [2.75, 3.05) is 39.9 Å². The van der Waals surface area contributed by atoms with Crippen LogP contribution in [0.3, 0.4) is 0 Å². The van der Waals surface area contributed by atoms with Crippen molar-refractivity contribution in [3.63, 3.8) is 0 Å². The highest BCUT2D eigenvalue weighted by Crippen LogP contribution is 2.09. The van der Waals surface area contributed by atoms with Gasteiger partial charge in [-0.1, -0.05) is 13.8 Å². The molecule has 1 atom stereocenters. The maximum atomic E-state index is 5.08. The maximum Gasteiger partial charge on any atom is 0.0474 e. The van der Waals surface area contributed by atoms with E-state index in [0.29, 0.717) is 6.04 Å². The van der Waals surface area contributed by atoms with E-state index in [4.69, 9.17) is 4.74 Å². The SMILES string of the molecule is COCCCN1CCNC(CC(C)C)C1. The van der Waals surface area contributed by atoms with Crippen LogP contribution in [0.5, 0.6) is 0 Å². The van der Waals surface area contributed by atoms with E-state index in [1.165, 1.54) is 26.1 Å². The number of piperazine rings is 1. The predicted molar refractivity (Wildman–Crippen MR) is 64.2 cm³/mol. The largest absolute Gasteiger partial charge is 0.385 e. The van der Waals surface area contributed by atoms with Gasteiger partial charge in [0.05, 0.1) is 0 Å². The molecule has 1 fully saturated rings. The first kappa shape index (κ1) is 12.9. The van der Waals surface area contributed by atoms with Crippen molar-refractivity contribution < 1.29 is 4.74 Å². The second kappa shape index (κ2) is 7.20. The maximum absolute atomic E-state index is 5.08. The van der Waals surface area contributed by atoms with Gasteiger partial charge in [0.1, 0.15) is 0 Å². The third-order valence-corrected chi connectivity index (χ3v) is 2.92. The molecule has 90 valence electrons. The van der Waals surface area contributed by atoms with E-state index in [-0.39, 0.29) is 0 Å². The molecular formula is C12H26N2O. The van der Waals surface area contributed by atoms with Gasteiger partial charge < -0.3 is 15.0 Å². The number of hydrogen-bond donors (Lipinski definition) is 1. The van der Waals surface area contributed by atoms with Crippen LogP contribution in [0, 0.1) is 5.92 Å². The molecule has 15 heavy (non-hydrogen) atoms. The van der Waals surface area contributed by atoms with Crippen LogP contribution >= 0.6 is 0 Å². The first-order valence-corrected chi connectivity index (χ1v) is 6.17. The molecule has 1 aliphatic rings. The Labute approximate surface area is 94.2 Å². The molecular weight excluding hydrogens is 188 g/mol. The Hall–Kier alpha value is -0.120. The Morgan fingerprint density at radius 2 is 2.27 bits per heavy atom. The van der Waals surface area contributed by atoms with Gasteiger partial charge in [0.25, 0.3) is 0 Å². The molecule has 1 aliphatic heterocycles. The average molecular weight is 214 g/mol. The van der Waals surface area contributed by atoms with Gasteiger partial charge in [-0.05, 0) is 18.8 Å². The fourth-order valence-corrected chi connectivity index (χ4v) is 2.26. The summed E-state index contributed by atoms with van der Waals surface area (Å²) in [5, 5.41) is 3.60. The first-order valence-electron chi connectivity index (χ1n) is 6.17. The van der Waals surface area contributed by atoms with Gasteiger partial charge in [0.2, 0.25) is 0 Å². The number of methoxy groups -OCH3 is 1. The lowest BCUT2D eigenvalue weighted by Gasteiger charge is -2.34. The summed E-state index contributed by atoms with van der Waals surface area (Å²) in [5.74, 6) is 0.793. The lowest BCUT2D eigenvalue weighted by molar-refractivity contribution is 0.148. The summed E-state index contributed by atoms with van der Waals surface area (Å²) in [5.41, 5.74) is 0. The molecule has 0 spiro atoms. The molecule has 0 aliphatic carbocycles. The zero-order valence-electron chi connectivity index (χ0n) is 10.5. The molecule has 1 N–H and O–H groups in total. The van der Waals surface area contributed by atoms with E-state index >= 15 is 0 Å². The fraction of sp³-hybridized carbons (Fsp3) is 1.00. The first-order chi connectivity index (χ1) is 7.22. The van der Waals surface area contributed by atoms with E-state index in [1.807, 2.05) is 0 Å². The van der Waals surface area contributed by atoms with Crippen molar-refractivity contribution in [2.45, 2.75) is 32.7 Å². The van der Waals surface area contributed by atoms with Gasteiger partial charge >= 0.3 is 0 Å². The smallest absolute Gasteiger partial charge is 0.0474 e. The highest BCUT2D eigenvalue weighted by atomic mass is 16.5. The summed E-state index contributed by atoms with van der Waals surface area (Å²) in [6.07, 6.45) is 2.45. The highest BCUT2D eigenvalue weighted by Gasteiger charge is 2.19. The molecule has 0 aromatic carbocycles. The monoisotopic (exact) mass is 214 g/mol. The van der Waals surface area contributed by atoms with Crippen LogP contribution in [0.25, 0.3) is 0 Å². The summed E-state index contributed by atoms with van der Waals surface area (Å²) >= 11 is 0. The predicted octanol–water partition coefficient (Wildman–Crippen LogP) is 1.34. The minimum atomic E-state index is 0.696. The molecule has 1 unspecified atom stereocenters. The summed E-state index contributed by atoms with van der Waals surface area (Å²) in [4.78, 5) is 2.56. The minimum Gasteiger partial charge on any atom is -0.385 e. The van der Waals surface area contributed by atoms with Gasteiger partial charge in [-0.25, -0.2) is 0 Å². The van der Waals surface area contributed by atoms with Crippen LogP contribution in [0.15, 0.2) is 0 Å². The molecule has 1 heterocycles. The molecule has 1 saturated heterocycles. The van der Waals surface area contributed by atoms with Crippen molar-refractivity contribution in [1.82, 2.24) is 10.2 Å². The van der Waals surface area contributed by atoms with E-state index in [1.54, 1.807) is 7.11 Å². The zero-order chi connectivity index (χ0) is 11.1. The summed E-state index contributed by atoms with van der Waals surface area (Å²) in [7, 11) is 1.78. The van der Waals surface area contributed by atoms with Crippen LogP contribution in [0.2, 0.25) is 0 Å². The molecule has 3 heteroatoms. The molecule has 0 bridgehead atoms. The van der Waals surface area contributed by atoms with E-state index < -0.39 is 0 Å². The third-order valence-electron chi connectivity index (χ3n) is 2.92. The standard InChI is InChI=1S/C12H26N2O/c1-11(2)9-12-10-14(7-5-13-12)6-4-8-15-3/h11-13H,4-10H2,1-3H3. The van der Waals surface area contributed by atoms with E-state index in [2.05, 4.69) is 24.1 Å². The van der Waals surface area contributed by atoms with Gasteiger partial charge in [-0.2, -0.15) is 0 Å².